The van der Waals surface area contributed by atoms with E-state index in [0.717, 1.165) is 32.0 Å². The summed E-state index contributed by atoms with van der Waals surface area (Å²) in [5.74, 6) is -0.275. The van der Waals surface area contributed by atoms with Crippen LogP contribution in [0.2, 0.25) is 0 Å². The second-order valence-electron chi connectivity index (χ2n) is 11.5. The van der Waals surface area contributed by atoms with Crippen molar-refractivity contribution in [2.75, 3.05) is 38.7 Å². The number of piperidine rings is 1. The summed E-state index contributed by atoms with van der Waals surface area (Å²) in [7, 11) is 2.08. The molecular formula is C28H33F3N4O3. The molecule has 2 N–H and O–H groups in total. The monoisotopic (exact) mass is 530 g/mol. The normalized spacial score (nSPS) is 29.4. The molecule has 0 spiro atoms. The van der Waals surface area contributed by atoms with Gasteiger partial charge in [0.25, 0.3) is 17.9 Å². The number of pyridine rings is 1. The molecule has 0 unspecified atom stereocenters. The lowest BCUT2D eigenvalue weighted by Crippen LogP contribution is -2.44. The third-order valence-corrected chi connectivity index (χ3v) is 8.95. The van der Waals surface area contributed by atoms with E-state index in [2.05, 4.69) is 22.6 Å². The second kappa shape index (κ2) is 9.41. The molecule has 1 amide bonds. The van der Waals surface area contributed by atoms with Crippen LogP contribution in [0.1, 0.15) is 60.1 Å². The lowest BCUT2D eigenvalue weighted by molar-refractivity contribution is 0.0937. The van der Waals surface area contributed by atoms with Crippen molar-refractivity contribution in [3.05, 3.63) is 63.3 Å². The molecule has 5 atom stereocenters. The molecule has 0 radical (unpaired) electrons. The highest BCUT2D eigenvalue weighted by Crippen LogP contribution is 2.49. The number of carbonyl (C=O) groups excluding carboxylic acids is 1. The number of anilines is 1. The number of nitrogens with one attached hydrogen (secondary N) is 2. The van der Waals surface area contributed by atoms with Crippen LogP contribution >= 0.6 is 0 Å². The number of rotatable bonds is 8. The van der Waals surface area contributed by atoms with Gasteiger partial charge in [0.05, 0.1) is 35.0 Å². The standard InChI is InChI=1S/C28H33F3N4O3/c1-15(17-4-3-5-18(24(17)29)26(30)31)32-27(37)21-13-35(28(16-6-7-16)8-9-38-14-28)23(36)10-22(21)33-25-19-11-34(2)12-20(19)25/h3-5,10,13,15-16,19-20,25-26,33H,6-9,11-12,14H2,1-2H3,(H,32,37)/t15-,19-,20+,25-,28-/m1/s1. The van der Waals surface area contributed by atoms with E-state index in [4.69, 9.17) is 4.74 Å². The van der Waals surface area contributed by atoms with Gasteiger partial charge < -0.3 is 24.8 Å². The number of hydrogen-bond acceptors (Lipinski definition) is 5. The van der Waals surface area contributed by atoms with Gasteiger partial charge in [-0.25, -0.2) is 13.2 Å². The number of fused-ring (bicyclic) bond motifs is 1. The zero-order valence-electron chi connectivity index (χ0n) is 21.6. The average Bonchev–Trinajstić information content (AvgIpc) is 3.72. The van der Waals surface area contributed by atoms with Crippen LogP contribution in [0.15, 0.2) is 35.3 Å². The van der Waals surface area contributed by atoms with Gasteiger partial charge in [-0.3, -0.25) is 9.59 Å². The zero-order chi connectivity index (χ0) is 26.8. The Hall–Kier alpha value is -2.85. The van der Waals surface area contributed by atoms with E-state index in [1.807, 2.05) is 0 Å². The first-order chi connectivity index (χ1) is 18.2. The van der Waals surface area contributed by atoms with E-state index in [-0.39, 0.29) is 22.7 Å². The van der Waals surface area contributed by atoms with Crippen molar-refractivity contribution in [1.29, 1.82) is 0 Å². The Morgan fingerprint density at radius 3 is 2.53 bits per heavy atom. The minimum absolute atomic E-state index is 0.0163. The van der Waals surface area contributed by atoms with Crippen molar-refractivity contribution < 1.29 is 22.7 Å². The fraction of sp³-hybridized carbons (Fsp3) is 0.571. The maximum absolute atomic E-state index is 14.8. The molecule has 2 aliphatic carbocycles. The Bertz CT molecular complexity index is 1290. The maximum Gasteiger partial charge on any atom is 0.266 e. The molecule has 10 heteroatoms. The Kier molecular flexibility index (Phi) is 6.30. The molecule has 1 aromatic heterocycles. The Morgan fingerprint density at radius 2 is 1.89 bits per heavy atom. The topological polar surface area (TPSA) is 75.6 Å². The van der Waals surface area contributed by atoms with Crippen LogP contribution < -0.4 is 16.2 Å². The Labute approximate surface area is 219 Å². The largest absolute Gasteiger partial charge is 0.381 e. The molecular weight excluding hydrogens is 497 g/mol. The lowest BCUT2D eigenvalue weighted by Gasteiger charge is -2.31. The van der Waals surface area contributed by atoms with Crippen molar-refractivity contribution >= 4 is 11.6 Å². The van der Waals surface area contributed by atoms with Crippen LogP contribution in [0.4, 0.5) is 18.9 Å². The predicted molar refractivity (Wildman–Crippen MR) is 136 cm³/mol. The summed E-state index contributed by atoms with van der Waals surface area (Å²) in [6.45, 7) is 4.46. The molecule has 2 saturated heterocycles. The van der Waals surface area contributed by atoms with Crippen molar-refractivity contribution in [3.8, 4) is 0 Å². The van der Waals surface area contributed by atoms with Gasteiger partial charge in [0.1, 0.15) is 5.82 Å². The van der Waals surface area contributed by atoms with E-state index in [0.29, 0.717) is 43.1 Å². The maximum atomic E-state index is 14.8. The fourth-order valence-corrected chi connectivity index (χ4v) is 6.64. The summed E-state index contributed by atoms with van der Waals surface area (Å²) < 4.78 is 48.7. The van der Waals surface area contributed by atoms with Gasteiger partial charge in [-0.1, -0.05) is 18.2 Å². The first kappa shape index (κ1) is 25.4. The molecule has 7 nitrogen and oxygen atoms in total. The van der Waals surface area contributed by atoms with Gasteiger partial charge in [-0.15, -0.1) is 0 Å². The smallest absolute Gasteiger partial charge is 0.266 e. The van der Waals surface area contributed by atoms with Crippen molar-refractivity contribution in [1.82, 2.24) is 14.8 Å². The molecule has 2 saturated carbocycles. The van der Waals surface area contributed by atoms with E-state index in [1.165, 1.54) is 18.2 Å². The molecule has 4 aliphatic rings. The quantitative estimate of drug-likeness (QED) is 0.542. The van der Waals surface area contributed by atoms with Gasteiger partial charge >= 0.3 is 0 Å². The first-order valence-corrected chi connectivity index (χ1v) is 13.4. The van der Waals surface area contributed by atoms with Gasteiger partial charge in [0.2, 0.25) is 0 Å². The van der Waals surface area contributed by atoms with Crippen molar-refractivity contribution in [2.45, 2.75) is 50.2 Å². The summed E-state index contributed by atoms with van der Waals surface area (Å²) in [4.78, 5) is 29.4. The highest BCUT2D eigenvalue weighted by Gasteiger charge is 2.55. The minimum Gasteiger partial charge on any atom is -0.381 e. The minimum atomic E-state index is -2.96. The Morgan fingerprint density at radius 1 is 1.18 bits per heavy atom. The number of ether oxygens (including phenoxy) is 1. The van der Waals surface area contributed by atoms with Gasteiger partial charge in [0.15, 0.2) is 0 Å². The number of amides is 1. The summed E-state index contributed by atoms with van der Waals surface area (Å²) in [6.07, 6.45) is 1.38. The number of halogens is 3. The summed E-state index contributed by atoms with van der Waals surface area (Å²) in [5.41, 5.74) is -0.646. The number of aromatic nitrogens is 1. The molecule has 2 aliphatic heterocycles. The van der Waals surface area contributed by atoms with Gasteiger partial charge in [0, 0.05) is 43.6 Å². The number of benzene rings is 1. The Balaban J connectivity index is 1.33. The van der Waals surface area contributed by atoms with E-state index in [1.54, 1.807) is 17.7 Å². The second-order valence-corrected chi connectivity index (χ2v) is 11.5. The molecule has 0 bridgehead atoms. The number of likely N-dealkylation sites (tertiary alicyclic amines) is 1. The van der Waals surface area contributed by atoms with Crippen molar-refractivity contribution in [3.63, 3.8) is 0 Å². The lowest BCUT2D eigenvalue weighted by atomic mass is 9.91. The SMILES string of the molecule is C[C@@H](NC(=O)c1cn([C@]2(C3CC3)CCOC2)c(=O)cc1N[C@@H]1[C@@H]2CN(C)C[C@@H]21)c1cccc(C(F)F)c1F. The zero-order valence-corrected chi connectivity index (χ0v) is 21.6. The molecule has 38 heavy (non-hydrogen) atoms. The number of nitrogens with zero attached hydrogens (tertiary/aromatic N) is 2. The van der Waals surface area contributed by atoms with Crippen LogP contribution in [-0.2, 0) is 10.3 Å². The van der Waals surface area contributed by atoms with E-state index >= 15 is 0 Å². The first-order valence-electron chi connectivity index (χ1n) is 13.4. The van der Waals surface area contributed by atoms with E-state index < -0.39 is 35.3 Å². The third-order valence-electron chi connectivity index (χ3n) is 8.95. The summed E-state index contributed by atoms with van der Waals surface area (Å²) >= 11 is 0. The molecule has 204 valence electrons. The van der Waals surface area contributed by atoms with Crippen LogP contribution in [0.25, 0.3) is 0 Å². The van der Waals surface area contributed by atoms with Crippen molar-refractivity contribution in [2.24, 2.45) is 17.8 Å². The molecule has 3 heterocycles. The molecule has 2 aromatic rings. The highest BCUT2D eigenvalue weighted by atomic mass is 19.3. The van der Waals surface area contributed by atoms with E-state index in [9.17, 15) is 22.8 Å². The number of alkyl halides is 2. The molecule has 6 rings (SSSR count). The van der Waals surface area contributed by atoms with Crippen LogP contribution in [0.5, 0.6) is 0 Å². The van der Waals surface area contributed by atoms with Crippen LogP contribution in [0.3, 0.4) is 0 Å². The van der Waals surface area contributed by atoms with Crippen LogP contribution in [0, 0.1) is 23.6 Å². The van der Waals surface area contributed by atoms with Gasteiger partial charge in [-0.2, -0.15) is 0 Å². The number of carbonyl (C=O) groups is 1. The fourth-order valence-electron chi connectivity index (χ4n) is 6.64. The average molecular weight is 531 g/mol. The van der Waals surface area contributed by atoms with Crippen LogP contribution in [-0.4, -0.2) is 54.8 Å². The highest BCUT2D eigenvalue weighted by molar-refractivity contribution is 5.99. The molecule has 1 aromatic carbocycles. The molecule has 4 fully saturated rings. The predicted octanol–water partition coefficient (Wildman–Crippen LogP) is 3.91. The number of hydrogen-bond donors (Lipinski definition) is 2. The third kappa shape index (κ3) is 4.31. The van der Waals surface area contributed by atoms with Gasteiger partial charge in [-0.05, 0) is 51.0 Å². The summed E-state index contributed by atoms with van der Waals surface area (Å²) in [5, 5.41) is 6.23. The summed E-state index contributed by atoms with van der Waals surface area (Å²) in [6, 6.07) is 4.61.